The van der Waals surface area contributed by atoms with E-state index in [1.807, 2.05) is 33.8 Å². The summed E-state index contributed by atoms with van der Waals surface area (Å²) in [5.41, 5.74) is 2.82. The first kappa shape index (κ1) is 23.5. The molecule has 2 amide bonds. The number of carbonyl (C=O) groups is 2. The number of hydrogen-bond donors (Lipinski definition) is 2. The maximum atomic E-state index is 13.7. The zero-order valence-corrected chi connectivity index (χ0v) is 19.9. The summed E-state index contributed by atoms with van der Waals surface area (Å²) >= 11 is 0. The van der Waals surface area contributed by atoms with Crippen LogP contribution >= 0.6 is 0 Å². The molecular weight excluding hydrogens is 437 g/mol. The van der Waals surface area contributed by atoms with Crippen molar-refractivity contribution in [1.29, 1.82) is 0 Å². The summed E-state index contributed by atoms with van der Waals surface area (Å²) in [6, 6.07) is 8.17. The summed E-state index contributed by atoms with van der Waals surface area (Å²) in [5.74, 6) is -0.110. The lowest BCUT2D eigenvalue weighted by Gasteiger charge is -2.36. The third-order valence-corrected chi connectivity index (χ3v) is 5.73. The Morgan fingerprint density at radius 1 is 1.15 bits per heavy atom. The van der Waals surface area contributed by atoms with Crippen LogP contribution in [0.4, 0.5) is 20.7 Å². The van der Waals surface area contributed by atoms with Crippen LogP contribution in [0, 0.1) is 12.7 Å². The molecule has 1 fully saturated rings. The minimum absolute atomic E-state index is 0.116. The molecule has 1 aliphatic rings. The molecule has 1 saturated heterocycles. The van der Waals surface area contributed by atoms with Crippen molar-refractivity contribution in [3.63, 3.8) is 0 Å². The predicted octanol–water partition coefficient (Wildman–Crippen LogP) is 4.25. The van der Waals surface area contributed by atoms with Gasteiger partial charge in [-0.2, -0.15) is 0 Å². The molecule has 34 heavy (non-hydrogen) atoms. The summed E-state index contributed by atoms with van der Waals surface area (Å²) in [6.07, 6.45) is 1.53. The second-order valence-corrected chi connectivity index (χ2v) is 9.50. The number of halogens is 1. The Morgan fingerprint density at radius 2 is 1.88 bits per heavy atom. The van der Waals surface area contributed by atoms with E-state index in [4.69, 9.17) is 4.74 Å². The Hall–Kier alpha value is -3.62. The second-order valence-electron chi connectivity index (χ2n) is 9.50. The standard InChI is InChI=1S/C25H30FN5O3/c1-16-19(20-13-17(26)5-7-21(20)28-16)14-23(32)29-22-8-6-18(15-27-22)30-9-11-31(12-10-30)24(33)34-25(2,3)4/h5-8,13,15,28H,9-12,14H2,1-4H3,(H,27,29,32). The molecule has 4 rings (SSSR count). The van der Waals surface area contributed by atoms with Crippen LogP contribution in [0.25, 0.3) is 10.9 Å². The van der Waals surface area contributed by atoms with Gasteiger partial charge < -0.3 is 24.8 Å². The molecule has 0 bridgehead atoms. The average molecular weight is 468 g/mol. The minimum atomic E-state index is -0.512. The van der Waals surface area contributed by atoms with Gasteiger partial charge in [-0.3, -0.25) is 4.79 Å². The summed E-state index contributed by atoms with van der Waals surface area (Å²) in [5, 5.41) is 3.52. The third-order valence-electron chi connectivity index (χ3n) is 5.73. The van der Waals surface area contributed by atoms with Crippen molar-refractivity contribution in [1.82, 2.24) is 14.9 Å². The molecule has 2 N–H and O–H groups in total. The molecule has 1 aliphatic heterocycles. The predicted molar refractivity (Wildman–Crippen MR) is 130 cm³/mol. The number of piperazine rings is 1. The van der Waals surface area contributed by atoms with E-state index < -0.39 is 5.60 Å². The molecule has 0 atom stereocenters. The highest BCUT2D eigenvalue weighted by molar-refractivity contribution is 5.96. The van der Waals surface area contributed by atoms with E-state index in [2.05, 4.69) is 20.2 Å². The summed E-state index contributed by atoms with van der Waals surface area (Å²) in [6.45, 7) is 9.91. The van der Waals surface area contributed by atoms with Crippen LogP contribution in [-0.4, -0.2) is 58.6 Å². The van der Waals surface area contributed by atoms with Gasteiger partial charge in [-0.15, -0.1) is 0 Å². The number of aromatic nitrogens is 2. The third kappa shape index (κ3) is 5.47. The van der Waals surface area contributed by atoms with Crippen LogP contribution in [0.15, 0.2) is 36.5 Å². The fourth-order valence-corrected chi connectivity index (χ4v) is 4.05. The fraction of sp³-hybridized carbons (Fsp3) is 0.400. The van der Waals surface area contributed by atoms with Gasteiger partial charge in [-0.25, -0.2) is 14.2 Å². The van der Waals surface area contributed by atoms with Crippen molar-refractivity contribution >= 4 is 34.4 Å². The Balaban J connectivity index is 1.33. The van der Waals surface area contributed by atoms with E-state index in [-0.39, 0.29) is 24.2 Å². The number of pyridine rings is 1. The number of hydrogen-bond acceptors (Lipinski definition) is 5. The van der Waals surface area contributed by atoms with E-state index >= 15 is 0 Å². The van der Waals surface area contributed by atoms with Crippen LogP contribution < -0.4 is 10.2 Å². The van der Waals surface area contributed by atoms with Crippen molar-refractivity contribution < 1.29 is 18.7 Å². The van der Waals surface area contributed by atoms with Crippen molar-refractivity contribution in [2.45, 2.75) is 39.7 Å². The molecule has 2 aromatic heterocycles. The lowest BCUT2D eigenvalue weighted by Crippen LogP contribution is -2.50. The first-order chi connectivity index (χ1) is 16.1. The average Bonchev–Trinajstić information content (AvgIpc) is 3.07. The maximum Gasteiger partial charge on any atom is 0.410 e. The largest absolute Gasteiger partial charge is 0.444 e. The molecule has 0 unspecified atom stereocenters. The van der Waals surface area contributed by atoms with Crippen molar-refractivity contribution in [3.8, 4) is 0 Å². The number of ether oxygens (including phenoxy) is 1. The number of carbonyl (C=O) groups excluding carboxylic acids is 2. The van der Waals surface area contributed by atoms with Gasteiger partial charge in [0.25, 0.3) is 0 Å². The molecule has 3 heterocycles. The maximum absolute atomic E-state index is 13.7. The molecule has 9 heteroatoms. The fourth-order valence-electron chi connectivity index (χ4n) is 4.05. The number of aromatic amines is 1. The normalized spacial score (nSPS) is 14.4. The van der Waals surface area contributed by atoms with Crippen LogP contribution in [0.2, 0.25) is 0 Å². The van der Waals surface area contributed by atoms with Gasteiger partial charge in [0.15, 0.2) is 0 Å². The first-order valence-electron chi connectivity index (χ1n) is 11.3. The molecule has 0 spiro atoms. The van der Waals surface area contributed by atoms with Gasteiger partial charge in [-0.05, 0) is 63.6 Å². The number of benzene rings is 1. The molecule has 0 saturated carbocycles. The Morgan fingerprint density at radius 3 is 2.53 bits per heavy atom. The van der Waals surface area contributed by atoms with E-state index in [1.165, 1.54) is 12.1 Å². The van der Waals surface area contributed by atoms with E-state index in [1.54, 1.807) is 23.2 Å². The number of rotatable bonds is 4. The highest BCUT2D eigenvalue weighted by Gasteiger charge is 2.26. The van der Waals surface area contributed by atoms with E-state index in [9.17, 15) is 14.0 Å². The molecule has 0 aliphatic carbocycles. The highest BCUT2D eigenvalue weighted by Crippen LogP contribution is 2.24. The Bertz CT molecular complexity index is 1190. The highest BCUT2D eigenvalue weighted by atomic mass is 19.1. The SMILES string of the molecule is Cc1[nH]c2ccc(F)cc2c1CC(=O)Nc1ccc(N2CCN(C(=O)OC(C)(C)C)CC2)cn1. The van der Waals surface area contributed by atoms with Crippen LogP contribution in [0.1, 0.15) is 32.0 Å². The number of nitrogens with one attached hydrogen (secondary N) is 2. The summed E-state index contributed by atoms with van der Waals surface area (Å²) in [4.78, 5) is 36.3. The number of aryl methyl sites for hydroxylation is 1. The zero-order chi connectivity index (χ0) is 24.5. The molecule has 1 aromatic carbocycles. The monoisotopic (exact) mass is 467 g/mol. The van der Waals surface area contributed by atoms with E-state index in [0.29, 0.717) is 37.4 Å². The first-order valence-corrected chi connectivity index (χ1v) is 11.3. The Kier molecular flexibility index (Phi) is 6.45. The smallest absolute Gasteiger partial charge is 0.410 e. The molecule has 0 radical (unpaired) electrons. The zero-order valence-electron chi connectivity index (χ0n) is 19.9. The van der Waals surface area contributed by atoms with E-state index in [0.717, 1.165) is 22.5 Å². The van der Waals surface area contributed by atoms with Gasteiger partial charge in [-0.1, -0.05) is 0 Å². The lowest BCUT2D eigenvalue weighted by atomic mass is 10.1. The topological polar surface area (TPSA) is 90.6 Å². The molecular formula is C25H30FN5O3. The number of H-pyrrole nitrogens is 1. The molecule has 8 nitrogen and oxygen atoms in total. The summed E-state index contributed by atoms with van der Waals surface area (Å²) in [7, 11) is 0. The van der Waals surface area contributed by atoms with Crippen molar-refractivity contribution in [3.05, 3.63) is 53.6 Å². The van der Waals surface area contributed by atoms with Crippen LogP contribution in [0.3, 0.4) is 0 Å². The second kappa shape index (κ2) is 9.32. The van der Waals surface area contributed by atoms with Gasteiger partial charge in [0.2, 0.25) is 5.91 Å². The van der Waals surface area contributed by atoms with Crippen molar-refractivity contribution in [2.24, 2.45) is 0 Å². The number of nitrogens with zero attached hydrogens (tertiary/aromatic N) is 3. The van der Waals surface area contributed by atoms with Crippen LogP contribution in [-0.2, 0) is 16.0 Å². The lowest BCUT2D eigenvalue weighted by molar-refractivity contribution is -0.115. The van der Waals surface area contributed by atoms with Gasteiger partial charge in [0.05, 0.1) is 18.3 Å². The van der Waals surface area contributed by atoms with Gasteiger partial charge in [0, 0.05) is 42.8 Å². The minimum Gasteiger partial charge on any atom is -0.444 e. The quantitative estimate of drug-likeness (QED) is 0.599. The van der Waals surface area contributed by atoms with Crippen molar-refractivity contribution in [2.75, 3.05) is 36.4 Å². The van der Waals surface area contributed by atoms with Gasteiger partial charge in [0.1, 0.15) is 17.2 Å². The molecule has 3 aromatic rings. The summed E-state index contributed by atoms with van der Waals surface area (Å²) < 4.78 is 19.1. The van der Waals surface area contributed by atoms with Gasteiger partial charge >= 0.3 is 6.09 Å². The van der Waals surface area contributed by atoms with Crippen LogP contribution in [0.5, 0.6) is 0 Å². The number of anilines is 2. The number of amides is 2. The Labute approximate surface area is 198 Å². The number of fused-ring (bicyclic) bond motifs is 1. The molecule has 180 valence electrons.